The van der Waals surface area contributed by atoms with Crippen LogP contribution in [0.2, 0.25) is 0 Å². The van der Waals surface area contributed by atoms with Crippen molar-refractivity contribution in [3.63, 3.8) is 0 Å². The van der Waals surface area contributed by atoms with E-state index in [2.05, 4.69) is 5.32 Å². The van der Waals surface area contributed by atoms with Crippen molar-refractivity contribution < 1.29 is 19.1 Å². The van der Waals surface area contributed by atoms with Gasteiger partial charge in [0.1, 0.15) is 12.4 Å². The normalized spacial score (nSPS) is 16.9. The van der Waals surface area contributed by atoms with Crippen molar-refractivity contribution in [3.05, 3.63) is 88.1 Å². The summed E-state index contributed by atoms with van der Waals surface area (Å²) < 4.78 is 11.7. The number of hydrogen-bond donors (Lipinski definition) is 1. The number of fused-ring (bicyclic) bond motifs is 1. The monoisotopic (exact) mass is 505 g/mol. The zero-order chi connectivity index (χ0) is 25.7. The maximum absolute atomic E-state index is 13.3. The molecule has 0 fully saturated rings. The van der Waals surface area contributed by atoms with E-state index < -0.39 is 12.0 Å². The lowest BCUT2D eigenvalue weighted by atomic mass is 9.93. The van der Waals surface area contributed by atoms with Crippen LogP contribution < -0.4 is 10.1 Å². The molecule has 0 saturated heterocycles. The number of esters is 1. The minimum atomic E-state index is -0.500. The zero-order valence-corrected chi connectivity index (χ0v) is 21.8. The van der Waals surface area contributed by atoms with Crippen LogP contribution in [-0.2, 0) is 20.9 Å². The summed E-state index contributed by atoms with van der Waals surface area (Å²) in [6.07, 6.45) is -0.0887. The number of carbonyl (C=O) groups is 2. The summed E-state index contributed by atoms with van der Waals surface area (Å²) in [7, 11) is 0. The predicted octanol–water partition coefficient (Wildman–Crippen LogP) is 5.32. The van der Waals surface area contributed by atoms with Gasteiger partial charge in [0.05, 0.1) is 29.8 Å². The Labute approximate surface area is 216 Å². The number of amides is 1. The van der Waals surface area contributed by atoms with Crippen LogP contribution in [0.1, 0.15) is 51.3 Å². The number of nitrogens with one attached hydrogen (secondary N) is 1. The molecular weight excluding hydrogens is 474 g/mol. The molecule has 0 aromatic heterocycles. The van der Waals surface area contributed by atoms with E-state index in [-0.39, 0.29) is 18.4 Å². The van der Waals surface area contributed by atoms with Crippen LogP contribution in [0.15, 0.2) is 82.0 Å². The number of rotatable bonds is 9. The Balaban J connectivity index is 1.70. The first-order valence-electron chi connectivity index (χ1n) is 12.1. The Morgan fingerprint density at radius 3 is 2.64 bits per heavy atom. The summed E-state index contributed by atoms with van der Waals surface area (Å²) in [6.45, 7) is 8.34. The summed E-state index contributed by atoms with van der Waals surface area (Å²) in [6, 6.07) is 17.2. The molecule has 1 N–H and O–H groups in total. The van der Waals surface area contributed by atoms with Gasteiger partial charge in [0.2, 0.25) is 5.91 Å². The molecular formula is C28H31N3O4S. The van der Waals surface area contributed by atoms with E-state index in [1.165, 1.54) is 11.8 Å². The van der Waals surface area contributed by atoms with Gasteiger partial charge in [-0.05, 0) is 56.4 Å². The van der Waals surface area contributed by atoms with Gasteiger partial charge >= 0.3 is 5.97 Å². The zero-order valence-electron chi connectivity index (χ0n) is 21.0. The highest BCUT2D eigenvalue weighted by Crippen LogP contribution is 2.45. The third kappa shape index (κ3) is 5.82. The average Bonchev–Trinajstić information content (AvgIpc) is 3.24. The number of thioether (sulfide) groups is 1. The van der Waals surface area contributed by atoms with Crippen LogP contribution in [0.5, 0.6) is 5.75 Å². The van der Waals surface area contributed by atoms with Crippen molar-refractivity contribution in [2.24, 2.45) is 4.99 Å². The van der Waals surface area contributed by atoms with Gasteiger partial charge in [-0.2, -0.15) is 0 Å². The van der Waals surface area contributed by atoms with E-state index >= 15 is 0 Å². The first-order valence-corrected chi connectivity index (χ1v) is 12.9. The molecule has 2 aromatic rings. The molecule has 0 aliphatic carbocycles. The number of aliphatic imine (C=N–C) groups is 1. The molecule has 2 aliphatic heterocycles. The van der Waals surface area contributed by atoms with Crippen LogP contribution in [0.25, 0.3) is 0 Å². The van der Waals surface area contributed by atoms with Gasteiger partial charge in [0.25, 0.3) is 0 Å². The standard InChI is InChI=1S/C28H31N3O4S/c1-5-29-24(32)15-22-17-36-28-30-19(4)25(27(33)35-18(2)3)26(31(22)28)21-12-9-13-23(14-21)34-16-20-10-7-6-8-11-20/h6-14,17-18,26H,5,15-16H2,1-4H3,(H,29,32)/t26-/m0/s1. The lowest BCUT2D eigenvalue weighted by molar-refractivity contribution is -0.143. The number of ether oxygens (including phenoxy) is 2. The van der Waals surface area contributed by atoms with Crippen molar-refractivity contribution in [2.45, 2.75) is 52.9 Å². The maximum Gasteiger partial charge on any atom is 0.338 e. The van der Waals surface area contributed by atoms with Crippen LogP contribution in [0.3, 0.4) is 0 Å². The van der Waals surface area contributed by atoms with Crippen LogP contribution in [-0.4, -0.2) is 34.6 Å². The van der Waals surface area contributed by atoms with Crippen LogP contribution >= 0.6 is 11.8 Å². The van der Waals surface area contributed by atoms with E-state index in [4.69, 9.17) is 14.5 Å². The van der Waals surface area contributed by atoms with Crippen LogP contribution in [0.4, 0.5) is 0 Å². The van der Waals surface area contributed by atoms with E-state index in [0.29, 0.717) is 30.2 Å². The minimum absolute atomic E-state index is 0.0816. The molecule has 0 unspecified atom stereocenters. The van der Waals surface area contributed by atoms with E-state index in [1.807, 2.05) is 92.6 Å². The first kappa shape index (κ1) is 25.6. The van der Waals surface area contributed by atoms with Gasteiger partial charge in [-0.25, -0.2) is 9.79 Å². The molecule has 7 nitrogen and oxygen atoms in total. The fourth-order valence-electron chi connectivity index (χ4n) is 4.16. The maximum atomic E-state index is 13.3. The Bertz CT molecular complexity index is 1220. The average molecular weight is 506 g/mol. The molecule has 2 aromatic carbocycles. The second-order valence-corrected chi connectivity index (χ2v) is 9.66. The molecule has 36 heavy (non-hydrogen) atoms. The lowest BCUT2D eigenvalue weighted by Crippen LogP contribution is -2.38. The summed E-state index contributed by atoms with van der Waals surface area (Å²) in [5.74, 6) is 0.192. The Morgan fingerprint density at radius 1 is 1.14 bits per heavy atom. The topological polar surface area (TPSA) is 80.2 Å². The van der Waals surface area contributed by atoms with Gasteiger partial charge in [0.15, 0.2) is 5.17 Å². The molecule has 1 atom stereocenters. The van der Waals surface area contributed by atoms with E-state index in [0.717, 1.165) is 22.0 Å². The molecule has 2 heterocycles. The van der Waals surface area contributed by atoms with E-state index in [1.54, 1.807) is 0 Å². The Kier molecular flexibility index (Phi) is 8.15. The van der Waals surface area contributed by atoms with Gasteiger partial charge in [-0.3, -0.25) is 4.79 Å². The molecule has 0 bridgehead atoms. The Hall–Kier alpha value is -3.52. The molecule has 0 radical (unpaired) electrons. The quantitative estimate of drug-likeness (QED) is 0.465. The summed E-state index contributed by atoms with van der Waals surface area (Å²) in [4.78, 5) is 32.4. The van der Waals surface area contributed by atoms with Crippen molar-refractivity contribution in [1.82, 2.24) is 10.2 Å². The molecule has 188 valence electrons. The number of nitrogens with zero attached hydrogens (tertiary/aromatic N) is 2. The van der Waals surface area contributed by atoms with Crippen molar-refractivity contribution in [2.75, 3.05) is 6.54 Å². The Morgan fingerprint density at radius 2 is 1.92 bits per heavy atom. The first-order chi connectivity index (χ1) is 17.4. The fraction of sp³-hybridized carbons (Fsp3) is 0.321. The number of carbonyl (C=O) groups excluding carboxylic acids is 2. The number of allylic oxidation sites excluding steroid dienone is 1. The SMILES string of the molecule is CCNC(=O)CC1=CSC2=NC(C)=C(C(=O)OC(C)C)[C@H](c3cccc(OCc4ccccc4)c3)N12. The molecule has 4 rings (SSSR count). The van der Waals surface area contributed by atoms with Crippen molar-refractivity contribution in [3.8, 4) is 5.75 Å². The summed E-state index contributed by atoms with van der Waals surface area (Å²) >= 11 is 1.45. The van der Waals surface area contributed by atoms with Crippen molar-refractivity contribution >= 4 is 28.8 Å². The lowest BCUT2D eigenvalue weighted by Gasteiger charge is -2.36. The fourth-order valence-corrected chi connectivity index (χ4v) is 5.13. The third-order valence-electron chi connectivity index (χ3n) is 5.70. The minimum Gasteiger partial charge on any atom is -0.489 e. The highest BCUT2D eigenvalue weighted by atomic mass is 32.2. The molecule has 0 saturated carbocycles. The van der Waals surface area contributed by atoms with Gasteiger partial charge in [-0.1, -0.05) is 54.2 Å². The molecule has 8 heteroatoms. The highest BCUT2D eigenvalue weighted by molar-refractivity contribution is 8.16. The number of amidine groups is 1. The van der Waals surface area contributed by atoms with Crippen molar-refractivity contribution in [1.29, 1.82) is 0 Å². The summed E-state index contributed by atoms with van der Waals surface area (Å²) in [5.41, 5.74) is 3.76. The summed E-state index contributed by atoms with van der Waals surface area (Å²) in [5, 5.41) is 5.52. The second-order valence-electron chi connectivity index (χ2n) is 8.82. The molecule has 0 spiro atoms. The number of hydrogen-bond acceptors (Lipinski definition) is 7. The van der Waals surface area contributed by atoms with Crippen LogP contribution in [0, 0.1) is 0 Å². The molecule has 2 aliphatic rings. The third-order valence-corrected chi connectivity index (χ3v) is 6.59. The highest BCUT2D eigenvalue weighted by Gasteiger charge is 2.41. The predicted molar refractivity (Wildman–Crippen MR) is 142 cm³/mol. The number of benzene rings is 2. The van der Waals surface area contributed by atoms with Gasteiger partial charge in [0, 0.05) is 12.2 Å². The largest absolute Gasteiger partial charge is 0.489 e. The smallest absolute Gasteiger partial charge is 0.338 e. The molecule has 1 amide bonds. The van der Waals surface area contributed by atoms with Gasteiger partial charge < -0.3 is 19.7 Å². The van der Waals surface area contributed by atoms with E-state index in [9.17, 15) is 9.59 Å². The second kappa shape index (κ2) is 11.5. The van der Waals surface area contributed by atoms with Gasteiger partial charge in [-0.15, -0.1) is 0 Å².